The maximum absolute atomic E-state index is 9.36. The van der Waals surface area contributed by atoms with Crippen molar-refractivity contribution in [1.82, 2.24) is 9.97 Å². The van der Waals surface area contributed by atoms with Gasteiger partial charge in [-0.25, -0.2) is 9.97 Å². The summed E-state index contributed by atoms with van der Waals surface area (Å²) < 4.78 is 0. The van der Waals surface area contributed by atoms with Crippen LogP contribution in [0.2, 0.25) is 0 Å². The van der Waals surface area contributed by atoms with E-state index >= 15 is 0 Å². The van der Waals surface area contributed by atoms with Crippen LogP contribution in [-0.4, -0.2) is 34.3 Å². The summed E-state index contributed by atoms with van der Waals surface area (Å²) in [6, 6.07) is 8.48. The zero-order valence-corrected chi connectivity index (χ0v) is 11.7. The maximum Gasteiger partial charge on any atom is 0.225 e. The van der Waals surface area contributed by atoms with Crippen LogP contribution in [0.25, 0.3) is 11.1 Å². The highest BCUT2D eigenvalue weighted by atomic mass is 16.3. The molecule has 3 rings (SSSR count). The second-order valence-electron chi connectivity index (χ2n) is 5.31. The van der Waals surface area contributed by atoms with Gasteiger partial charge in [-0.3, -0.25) is 0 Å². The molecule has 1 aromatic carbocycles. The molecule has 0 bridgehead atoms. The Bertz CT molecular complexity index is 583. The van der Waals surface area contributed by atoms with Crippen molar-refractivity contribution in [3.63, 3.8) is 0 Å². The van der Waals surface area contributed by atoms with Gasteiger partial charge < -0.3 is 10.0 Å². The van der Waals surface area contributed by atoms with Gasteiger partial charge >= 0.3 is 0 Å². The summed E-state index contributed by atoms with van der Waals surface area (Å²) in [6.45, 7) is 3.17. The van der Waals surface area contributed by atoms with Crippen molar-refractivity contribution in [2.45, 2.75) is 25.8 Å². The number of benzene rings is 1. The molecular formula is C16H19N3O. The molecule has 0 spiro atoms. The van der Waals surface area contributed by atoms with Gasteiger partial charge in [0.05, 0.1) is 12.6 Å². The van der Waals surface area contributed by atoms with Crippen molar-refractivity contribution >= 4 is 5.95 Å². The number of aryl methyl sites for hydroxylation is 1. The Balaban J connectivity index is 1.84. The Morgan fingerprint density at radius 1 is 1.25 bits per heavy atom. The van der Waals surface area contributed by atoms with Crippen molar-refractivity contribution < 1.29 is 5.11 Å². The van der Waals surface area contributed by atoms with Gasteiger partial charge in [0.2, 0.25) is 5.95 Å². The van der Waals surface area contributed by atoms with Crippen molar-refractivity contribution in [3.8, 4) is 11.1 Å². The molecule has 0 saturated carbocycles. The van der Waals surface area contributed by atoms with E-state index in [4.69, 9.17) is 0 Å². The molecule has 1 unspecified atom stereocenters. The monoisotopic (exact) mass is 269 g/mol. The molecule has 0 amide bonds. The van der Waals surface area contributed by atoms with Crippen LogP contribution >= 0.6 is 0 Å². The SMILES string of the molecule is Cc1cccc(-c2cnc(N3CCCC3CO)nc2)c1. The predicted molar refractivity (Wildman–Crippen MR) is 79.7 cm³/mol. The van der Waals surface area contributed by atoms with E-state index in [1.165, 1.54) is 5.56 Å². The minimum atomic E-state index is 0.166. The molecular weight excluding hydrogens is 250 g/mol. The lowest BCUT2D eigenvalue weighted by Gasteiger charge is -2.22. The minimum absolute atomic E-state index is 0.166. The van der Waals surface area contributed by atoms with Crippen LogP contribution in [0.15, 0.2) is 36.7 Å². The predicted octanol–water partition coefficient (Wildman–Crippen LogP) is 2.41. The fraction of sp³-hybridized carbons (Fsp3) is 0.375. The van der Waals surface area contributed by atoms with Gasteiger partial charge in [-0.2, -0.15) is 0 Å². The Morgan fingerprint density at radius 2 is 2.05 bits per heavy atom. The molecule has 0 radical (unpaired) electrons. The molecule has 2 aromatic rings. The number of anilines is 1. The summed E-state index contributed by atoms with van der Waals surface area (Å²) in [6.07, 6.45) is 5.83. The lowest BCUT2D eigenvalue weighted by molar-refractivity contribution is 0.265. The normalized spacial score (nSPS) is 18.5. The highest BCUT2D eigenvalue weighted by molar-refractivity contribution is 5.62. The van der Waals surface area contributed by atoms with E-state index in [0.29, 0.717) is 0 Å². The lowest BCUT2D eigenvalue weighted by Crippen LogP contribution is -2.33. The molecule has 1 aliphatic heterocycles. The molecule has 1 atom stereocenters. The summed E-state index contributed by atoms with van der Waals surface area (Å²) in [7, 11) is 0. The fourth-order valence-electron chi connectivity index (χ4n) is 2.73. The highest BCUT2D eigenvalue weighted by Gasteiger charge is 2.25. The first kappa shape index (κ1) is 13.1. The first-order valence-corrected chi connectivity index (χ1v) is 7.04. The average molecular weight is 269 g/mol. The Morgan fingerprint density at radius 3 is 2.75 bits per heavy atom. The second-order valence-corrected chi connectivity index (χ2v) is 5.31. The number of aromatic nitrogens is 2. The Kier molecular flexibility index (Phi) is 3.65. The minimum Gasteiger partial charge on any atom is -0.394 e. The molecule has 1 N–H and O–H groups in total. The van der Waals surface area contributed by atoms with E-state index in [1.54, 1.807) is 0 Å². The zero-order valence-electron chi connectivity index (χ0n) is 11.7. The van der Waals surface area contributed by atoms with Crippen LogP contribution in [0.3, 0.4) is 0 Å². The van der Waals surface area contributed by atoms with Gasteiger partial charge in [0.15, 0.2) is 0 Å². The van der Waals surface area contributed by atoms with Gasteiger partial charge in [0.1, 0.15) is 0 Å². The summed E-state index contributed by atoms with van der Waals surface area (Å²) >= 11 is 0. The number of hydrogen-bond donors (Lipinski definition) is 1. The molecule has 1 aromatic heterocycles. The average Bonchev–Trinajstić information content (AvgIpc) is 2.96. The Labute approximate surface area is 119 Å². The molecule has 1 aliphatic rings. The molecule has 104 valence electrons. The number of nitrogens with zero attached hydrogens (tertiary/aromatic N) is 3. The van der Waals surface area contributed by atoms with Crippen molar-refractivity contribution in [2.75, 3.05) is 18.1 Å². The van der Waals surface area contributed by atoms with Crippen molar-refractivity contribution in [2.24, 2.45) is 0 Å². The largest absolute Gasteiger partial charge is 0.394 e. The van der Waals surface area contributed by atoms with Gasteiger partial charge in [-0.05, 0) is 25.3 Å². The first-order chi connectivity index (χ1) is 9.78. The van der Waals surface area contributed by atoms with Crippen molar-refractivity contribution in [1.29, 1.82) is 0 Å². The topological polar surface area (TPSA) is 49.2 Å². The summed E-state index contributed by atoms with van der Waals surface area (Å²) in [4.78, 5) is 11.0. The number of hydrogen-bond acceptors (Lipinski definition) is 4. The van der Waals surface area contributed by atoms with E-state index in [1.807, 2.05) is 18.5 Å². The first-order valence-electron chi connectivity index (χ1n) is 7.04. The van der Waals surface area contributed by atoms with E-state index in [0.717, 1.165) is 36.5 Å². The van der Waals surface area contributed by atoms with Gasteiger partial charge in [0.25, 0.3) is 0 Å². The molecule has 4 heteroatoms. The van der Waals surface area contributed by atoms with Crippen LogP contribution in [0, 0.1) is 6.92 Å². The molecule has 1 saturated heterocycles. The number of aliphatic hydroxyl groups is 1. The fourth-order valence-corrected chi connectivity index (χ4v) is 2.73. The number of aliphatic hydroxyl groups excluding tert-OH is 1. The van der Waals surface area contributed by atoms with E-state index < -0.39 is 0 Å². The molecule has 4 nitrogen and oxygen atoms in total. The standard InChI is InChI=1S/C16H19N3O/c1-12-4-2-5-13(8-12)14-9-17-16(18-10-14)19-7-3-6-15(19)11-20/h2,4-5,8-10,15,20H,3,6-7,11H2,1H3. The van der Waals surface area contributed by atoms with Gasteiger partial charge in [0, 0.05) is 24.5 Å². The van der Waals surface area contributed by atoms with Crippen LogP contribution in [-0.2, 0) is 0 Å². The third-order valence-electron chi connectivity index (χ3n) is 3.83. The van der Waals surface area contributed by atoms with Crippen molar-refractivity contribution in [3.05, 3.63) is 42.2 Å². The summed E-state index contributed by atoms with van der Waals surface area (Å²) in [5.41, 5.74) is 3.39. The lowest BCUT2D eigenvalue weighted by atomic mass is 10.1. The second kappa shape index (κ2) is 5.59. The third kappa shape index (κ3) is 2.51. The Hall–Kier alpha value is -1.94. The van der Waals surface area contributed by atoms with Gasteiger partial charge in [-0.1, -0.05) is 29.8 Å². The summed E-state index contributed by atoms with van der Waals surface area (Å²) in [5.74, 6) is 0.720. The maximum atomic E-state index is 9.36. The molecule has 1 fully saturated rings. The summed E-state index contributed by atoms with van der Waals surface area (Å²) in [5, 5.41) is 9.36. The smallest absolute Gasteiger partial charge is 0.225 e. The van der Waals surface area contributed by atoms with Crippen LogP contribution in [0.5, 0.6) is 0 Å². The van der Waals surface area contributed by atoms with E-state index in [-0.39, 0.29) is 12.6 Å². The van der Waals surface area contributed by atoms with Gasteiger partial charge in [-0.15, -0.1) is 0 Å². The molecule has 2 heterocycles. The zero-order chi connectivity index (χ0) is 13.9. The van der Waals surface area contributed by atoms with Crippen LogP contribution < -0.4 is 4.90 Å². The highest BCUT2D eigenvalue weighted by Crippen LogP contribution is 2.24. The van der Waals surface area contributed by atoms with Crippen LogP contribution in [0.1, 0.15) is 18.4 Å². The molecule has 0 aliphatic carbocycles. The molecule has 20 heavy (non-hydrogen) atoms. The van der Waals surface area contributed by atoms with E-state index in [2.05, 4.69) is 40.0 Å². The number of rotatable bonds is 3. The third-order valence-corrected chi connectivity index (χ3v) is 3.83. The quantitative estimate of drug-likeness (QED) is 0.929. The van der Waals surface area contributed by atoms with E-state index in [9.17, 15) is 5.11 Å². The van der Waals surface area contributed by atoms with Crippen LogP contribution in [0.4, 0.5) is 5.95 Å².